The standard InChI is InChI=1S/C41H51ClN4O7/c1-39(2,3)52-37(49)46(38(50)53-40(4,5)6)35-16-14-31(25-43-35)51-34-23-30(13-15-32(34)36(47)48)45-21-19-44(20-22-45)26-28-17-18-41(7,8)24-33(28)27-9-11-29(42)12-10-27/h9-16,23,25H,17-22,24,26H2,1-8H3,(H,47,48). The number of imide groups is 1. The molecule has 1 aliphatic carbocycles. The van der Waals surface area contributed by atoms with Crippen molar-refractivity contribution < 1.29 is 33.7 Å². The van der Waals surface area contributed by atoms with Crippen LogP contribution in [0.5, 0.6) is 11.5 Å². The number of nitrogens with zero attached hydrogens (tertiary/aromatic N) is 4. The number of aromatic carboxylic acids is 1. The van der Waals surface area contributed by atoms with Gasteiger partial charge in [0.1, 0.15) is 34.1 Å². The summed E-state index contributed by atoms with van der Waals surface area (Å²) in [6, 6.07) is 16.2. The lowest BCUT2D eigenvalue weighted by Crippen LogP contribution is -2.47. The lowest BCUT2D eigenvalue weighted by Gasteiger charge is -2.39. The molecule has 1 saturated heterocycles. The molecule has 3 aromatic rings. The van der Waals surface area contributed by atoms with Crippen molar-refractivity contribution in [1.82, 2.24) is 9.88 Å². The van der Waals surface area contributed by atoms with Crippen LogP contribution in [0.4, 0.5) is 21.1 Å². The van der Waals surface area contributed by atoms with E-state index in [2.05, 4.69) is 40.8 Å². The summed E-state index contributed by atoms with van der Waals surface area (Å²) in [5.41, 5.74) is 3.48. The Morgan fingerprint density at radius 3 is 2.06 bits per heavy atom. The highest BCUT2D eigenvalue weighted by molar-refractivity contribution is 6.30. The molecule has 5 rings (SSSR count). The number of pyridine rings is 1. The topological polar surface area (TPSA) is 122 Å². The lowest BCUT2D eigenvalue weighted by atomic mass is 9.72. The average Bonchev–Trinajstić information content (AvgIpc) is 3.05. The van der Waals surface area contributed by atoms with Crippen LogP contribution in [0.3, 0.4) is 0 Å². The number of carboxylic acid groups (broad SMARTS) is 1. The van der Waals surface area contributed by atoms with Crippen LogP contribution >= 0.6 is 11.6 Å². The molecule has 53 heavy (non-hydrogen) atoms. The molecule has 0 atom stereocenters. The van der Waals surface area contributed by atoms with Gasteiger partial charge in [-0.3, -0.25) is 4.90 Å². The van der Waals surface area contributed by atoms with Crippen molar-refractivity contribution in [3.05, 3.63) is 82.5 Å². The van der Waals surface area contributed by atoms with Crippen molar-refractivity contribution in [1.29, 1.82) is 0 Å². The number of hydrogen-bond acceptors (Lipinski definition) is 9. The molecule has 1 aliphatic heterocycles. The van der Waals surface area contributed by atoms with E-state index in [9.17, 15) is 19.5 Å². The van der Waals surface area contributed by atoms with E-state index < -0.39 is 29.4 Å². The van der Waals surface area contributed by atoms with Gasteiger partial charge in [-0.05, 0) is 114 Å². The minimum absolute atomic E-state index is 0.0116. The maximum Gasteiger partial charge on any atom is 0.425 e. The Balaban J connectivity index is 1.30. The minimum atomic E-state index is -1.14. The molecule has 0 unspecified atom stereocenters. The minimum Gasteiger partial charge on any atom is -0.478 e. The summed E-state index contributed by atoms with van der Waals surface area (Å²) in [6.07, 6.45) is 2.67. The molecule has 1 N–H and O–H groups in total. The largest absolute Gasteiger partial charge is 0.478 e. The van der Waals surface area contributed by atoms with Gasteiger partial charge < -0.3 is 24.2 Å². The van der Waals surface area contributed by atoms with Crippen LogP contribution in [0.15, 0.2) is 66.4 Å². The molecule has 2 aliphatic rings. The second-order valence-corrected chi connectivity index (χ2v) is 16.9. The predicted octanol–water partition coefficient (Wildman–Crippen LogP) is 9.69. The van der Waals surface area contributed by atoms with Crippen LogP contribution in [0.2, 0.25) is 5.02 Å². The highest BCUT2D eigenvalue weighted by atomic mass is 35.5. The van der Waals surface area contributed by atoms with Gasteiger partial charge in [-0.2, -0.15) is 4.90 Å². The van der Waals surface area contributed by atoms with Gasteiger partial charge in [0.15, 0.2) is 0 Å². The number of allylic oxidation sites excluding steroid dienone is 1. The third-order valence-electron chi connectivity index (χ3n) is 9.06. The maximum atomic E-state index is 13.0. The van der Waals surface area contributed by atoms with Gasteiger partial charge in [-0.15, -0.1) is 0 Å². The van der Waals surface area contributed by atoms with Crippen molar-refractivity contribution in [3.8, 4) is 11.5 Å². The molecule has 0 saturated carbocycles. The lowest BCUT2D eigenvalue weighted by molar-refractivity contribution is 0.0428. The Morgan fingerprint density at radius 2 is 1.51 bits per heavy atom. The molecular formula is C41H51ClN4O7. The Labute approximate surface area is 317 Å². The first-order valence-corrected chi connectivity index (χ1v) is 18.4. The number of piperazine rings is 1. The summed E-state index contributed by atoms with van der Waals surface area (Å²) in [4.78, 5) is 48.0. The molecule has 2 aromatic carbocycles. The van der Waals surface area contributed by atoms with Gasteiger partial charge in [-0.1, -0.05) is 43.2 Å². The first kappa shape index (κ1) is 39.6. The van der Waals surface area contributed by atoms with Crippen LogP contribution in [-0.4, -0.2) is 77.1 Å². The Kier molecular flexibility index (Phi) is 11.8. The average molecular weight is 747 g/mol. The first-order valence-electron chi connectivity index (χ1n) is 18.0. The number of carbonyl (C=O) groups excluding carboxylic acids is 2. The van der Waals surface area contributed by atoms with Crippen molar-refractivity contribution >= 4 is 46.8 Å². The fourth-order valence-electron chi connectivity index (χ4n) is 6.44. The van der Waals surface area contributed by atoms with Gasteiger partial charge >= 0.3 is 18.2 Å². The number of ether oxygens (including phenoxy) is 3. The molecule has 284 valence electrons. The molecule has 2 heterocycles. The molecule has 12 heteroatoms. The van der Waals surface area contributed by atoms with Crippen molar-refractivity contribution in [2.24, 2.45) is 5.41 Å². The fraction of sp³-hybridized carbons (Fsp3) is 0.463. The normalized spacial score (nSPS) is 16.6. The number of carbonyl (C=O) groups is 3. The summed E-state index contributed by atoms with van der Waals surface area (Å²) in [5, 5.41) is 10.7. The Hall–Kier alpha value is -4.61. The molecule has 0 bridgehead atoms. The number of amides is 2. The van der Waals surface area contributed by atoms with E-state index in [0.717, 1.165) is 62.7 Å². The quantitative estimate of drug-likeness (QED) is 0.238. The first-order chi connectivity index (χ1) is 24.8. The highest BCUT2D eigenvalue weighted by Crippen LogP contribution is 2.43. The zero-order valence-electron chi connectivity index (χ0n) is 32.0. The van der Waals surface area contributed by atoms with E-state index in [1.54, 1.807) is 59.7 Å². The number of anilines is 2. The monoisotopic (exact) mass is 746 g/mol. The van der Waals surface area contributed by atoms with Crippen molar-refractivity contribution in [2.45, 2.75) is 85.9 Å². The van der Waals surface area contributed by atoms with Crippen molar-refractivity contribution in [3.63, 3.8) is 0 Å². The molecule has 0 spiro atoms. The molecule has 1 fully saturated rings. The molecule has 2 amide bonds. The van der Waals surface area contributed by atoms with Crippen LogP contribution in [0, 0.1) is 5.41 Å². The maximum absolute atomic E-state index is 13.0. The zero-order chi connectivity index (χ0) is 38.7. The smallest absolute Gasteiger partial charge is 0.425 e. The third kappa shape index (κ3) is 10.7. The molecule has 1 aromatic heterocycles. The SMILES string of the molecule is CC1(C)CCC(CN2CCN(c3ccc(C(=O)O)c(Oc4ccc(N(C(=O)OC(C)(C)C)C(=O)OC(C)(C)C)nc4)c3)CC2)=C(c2ccc(Cl)cc2)C1. The van der Waals surface area contributed by atoms with E-state index in [1.807, 2.05) is 12.1 Å². The summed E-state index contributed by atoms with van der Waals surface area (Å²) < 4.78 is 17.0. The Morgan fingerprint density at radius 1 is 0.887 bits per heavy atom. The van der Waals surface area contributed by atoms with Crippen LogP contribution in [0.1, 0.15) is 90.6 Å². The molecule has 11 nitrogen and oxygen atoms in total. The van der Waals surface area contributed by atoms with Gasteiger partial charge in [0, 0.05) is 49.5 Å². The van der Waals surface area contributed by atoms with Gasteiger partial charge in [0.25, 0.3) is 0 Å². The van der Waals surface area contributed by atoms with Gasteiger partial charge in [0.2, 0.25) is 0 Å². The second-order valence-electron chi connectivity index (χ2n) is 16.4. The van der Waals surface area contributed by atoms with E-state index in [-0.39, 0.29) is 28.3 Å². The number of halogens is 1. The highest BCUT2D eigenvalue weighted by Gasteiger charge is 2.34. The van der Waals surface area contributed by atoms with Crippen LogP contribution in [-0.2, 0) is 9.47 Å². The fourth-order valence-corrected chi connectivity index (χ4v) is 6.56. The summed E-state index contributed by atoms with van der Waals surface area (Å²) in [6.45, 7) is 18.9. The summed E-state index contributed by atoms with van der Waals surface area (Å²) in [7, 11) is 0. The summed E-state index contributed by atoms with van der Waals surface area (Å²) in [5.74, 6) is -0.820. The number of rotatable bonds is 8. The Bertz CT molecular complexity index is 1810. The van der Waals surface area contributed by atoms with Crippen LogP contribution in [0.25, 0.3) is 5.57 Å². The van der Waals surface area contributed by atoms with Crippen molar-refractivity contribution in [2.75, 3.05) is 42.5 Å². The second kappa shape index (κ2) is 15.8. The van der Waals surface area contributed by atoms with Crippen LogP contribution < -0.4 is 14.5 Å². The molecule has 0 radical (unpaired) electrons. The van der Waals surface area contributed by atoms with E-state index in [1.165, 1.54) is 35.0 Å². The predicted molar refractivity (Wildman–Crippen MR) is 207 cm³/mol. The number of benzene rings is 2. The number of aromatic nitrogens is 1. The van der Waals surface area contributed by atoms with Gasteiger partial charge in [-0.25, -0.2) is 19.4 Å². The molecular weight excluding hydrogens is 696 g/mol. The van der Waals surface area contributed by atoms with E-state index in [4.69, 9.17) is 25.8 Å². The third-order valence-corrected chi connectivity index (χ3v) is 9.31. The van der Waals surface area contributed by atoms with Gasteiger partial charge in [0.05, 0.1) is 6.20 Å². The van der Waals surface area contributed by atoms with E-state index in [0.29, 0.717) is 4.90 Å². The van der Waals surface area contributed by atoms with E-state index >= 15 is 0 Å². The zero-order valence-corrected chi connectivity index (χ0v) is 32.7. The number of carboxylic acids is 1. The number of hydrogen-bond donors (Lipinski definition) is 1. The summed E-state index contributed by atoms with van der Waals surface area (Å²) >= 11 is 6.21.